The lowest BCUT2D eigenvalue weighted by atomic mass is 9.87. The van der Waals surface area contributed by atoms with Gasteiger partial charge in [0.2, 0.25) is 5.91 Å². The van der Waals surface area contributed by atoms with E-state index in [1.807, 2.05) is 0 Å². The van der Waals surface area contributed by atoms with Crippen LogP contribution in [0.25, 0.3) is 0 Å². The summed E-state index contributed by atoms with van der Waals surface area (Å²) in [5, 5.41) is 2.48. The largest absolute Gasteiger partial charge is 0.374 e. The first-order chi connectivity index (χ1) is 17.2. The van der Waals surface area contributed by atoms with Crippen molar-refractivity contribution in [1.29, 1.82) is 0 Å². The molecular formula is C25H26F4N2O5S. The highest BCUT2D eigenvalue weighted by atomic mass is 32.2. The highest BCUT2D eigenvalue weighted by Gasteiger charge is 2.50. The molecule has 2 atom stereocenters. The second-order valence-corrected chi connectivity index (χ2v) is 11.6. The maximum atomic E-state index is 15.5. The third-order valence-electron chi connectivity index (χ3n) is 6.63. The second-order valence-electron chi connectivity index (χ2n) is 9.55. The van der Waals surface area contributed by atoms with Crippen molar-refractivity contribution in [3.63, 3.8) is 0 Å². The molecule has 2 aliphatic rings. The van der Waals surface area contributed by atoms with E-state index in [4.69, 9.17) is 4.74 Å². The summed E-state index contributed by atoms with van der Waals surface area (Å²) in [6.07, 6.45) is 1.71. The van der Waals surface area contributed by atoms with Gasteiger partial charge in [-0.15, -0.1) is 0 Å². The molecule has 0 bridgehead atoms. The number of carbonyl (C=O) groups excluding carboxylic acids is 2. The van der Waals surface area contributed by atoms with Gasteiger partial charge in [0.1, 0.15) is 11.9 Å². The van der Waals surface area contributed by atoms with Crippen molar-refractivity contribution in [3.05, 3.63) is 65.0 Å². The molecule has 37 heavy (non-hydrogen) atoms. The topological polar surface area (TPSA) is 92.8 Å². The van der Waals surface area contributed by atoms with Crippen molar-refractivity contribution >= 4 is 21.7 Å². The molecule has 12 heteroatoms. The summed E-state index contributed by atoms with van der Waals surface area (Å²) in [6, 6.07) is 5.44. The van der Waals surface area contributed by atoms with E-state index in [1.54, 1.807) is 0 Å². The minimum atomic E-state index is -3.57. The first kappa shape index (κ1) is 27.1. The van der Waals surface area contributed by atoms with Gasteiger partial charge in [-0.25, -0.2) is 26.0 Å². The lowest BCUT2D eigenvalue weighted by Gasteiger charge is -2.41. The zero-order valence-electron chi connectivity index (χ0n) is 20.1. The number of sulfone groups is 1. The van der Waals surface area contributed by atoms with Crippen molar-refractivity contribution in [2.45, 2.75) is 48.3 Å². The Morgan fingerprint density at radius 1 is 1.19 bits per heavy atom. The van der Waals surface area contributed by atoms with E-state index < -0.39 is 69.9 Å². The third kappa shape index (κ3) is 5.49. The van der Waals surface area contributed by atoms with Crippen molar-refractivity contribution in [3.8, 4) is 0 Å². The Labute approximate surface area is 211 Å². The molecule has 0 aromatic heterocycles. The average molecular weight is 543 g/mol. The normalized spacial score (nSPS) is 20.3. The number of hydrogen-bond acceptors (Lipinski definition) is 5. The van der Waals surface area contributed by atoms with Gasteiger partial charge in [0.05, 0.1) is 24.2 Å². The number of carbonyl (C=O) groups is 2. The molecule has 2 amide bonds. The standard InChI is InChI=1S/C25H26F4N2O5S/c1-24(27,28)16-8-9-18(19(26)12-16)21(25(29)13-36-14-25)30-22(32)20-7-4-10-31(20)23(33)15-5-3-6-17(11-15)37(2,34)35/h3,5-6,8-9,11-12,20-21H,4,7,10,13-14H2,1-2H3,(H,30,32)/t20-,21+/m1/s1. The molecule has 2 saturated heterocycles. The minimum absolute atomic E-state index is 0.0560. The zero-order valence-corrected chi connectivity index (χ0v) is 21.0. The fourth-order valence-corrected chi connectivity index (χ4v) is 5.20. The predicted octanol–water partition coefficient (Wildman–Crippen LogP) is 3.54. The number of nitrogens with one attached hydrogen (secondary N) is 1. The summed E-state index contributed by atoms with van der Waals surface area (Å²) < 4.78 is 86.4. The van der Waals surface area contributed by atoms with Crippen LogP contribution in [-0.4, -0.2) is 62.9 Å². The number of nitrogens with zero attached hydrogens (tertiary/aromatic N) is 1. The zero-order chi connectivity index (χ0) is 27.2. The van der Waals surface area contributed by atoms with Crippen LogP contribution in [0.3, 0.4) is 0 Å². The number of halogens is 4. The number of rotatable bonds is 7. The third-order valence-corrected chi connectivity index (χ3v) is 7.74. The summed E-state index contributed by atoms with van der Waals surface area (Å²) >= 11 is 0. The van der Waals surface area contributed by atoms with Crippen LogP contribution in [0.1, 0.15) is 47.3 Å². The van der Waals surface area contributed by atoms with Crippen LogP contribution in [-0.2, 0) is 25.3 Å². The first-order valence-electron chi connectivity index (χ1n) is 11.6. The molecular weight excluding hydrogens is 516 g/mol. The second kappa shape index (κ2) is 9.71. The maximum absolute atomic E-state index is 15.5. The molecule has 2 aliphatic heterocycles. The highest BCUT2D eigenvalue weighted by Crippen LogP contribution is 2.39. The van der Waals surface area contributed by atoms with Crippen molar-refractivity contribution in [2.75, 3.05) is 26.0 Å². The molecule has 200 valence electrons. The molecule has 2 aromatic rings. The molecule has 7 nitrogen and oxygen atoms in total. The molecule has 0 radical (unpaired) electrons. The Kier molecular flexibility index (Phi) is 7.10. The smallest absolute Gasteiger partial charge is 0.270 e. The van der Waals surface area contributed by atoms with Crippen molar-refractivity contribution in [2.24, 2.45) is 0 Å². The number of amides is 2. The SMILES string of the molecule is CC(F)(F)c1ccc([C@H](NC(=O)[C@H]2CCCN2C(=O)c2cccc(S(C)(=O)=O)c2)C2(F)COC2)c(F)c1. The minimum Gasteiger partial charge on any atom is -0.374 e. The van der Waals surface area contributed by atoms with Crippen molar-refractivity contribution < 1.29 is 40.3 Å². The van der Waals surface area contributed by atoms with Crippen LogP contribution in [0.2, 0.25) is 0 Å². The molecule has 0 spiro atoms. The quantitative estimate of drug-likeness (QED) is 0.541. The van der Waals surface area contributed by atoms with Crippen LogP contribution in [0.4, 0.5) is 17.6 Å². The van der Waals surface area contributed by atoms with Gasteiger partial charge in [-0.05, 0) is 37.1 Å². The number of alkyl halides is 3. The molecule has 2 heterocycles. The maximum Gasteiger partial charge on any atom is 0.270 e. The number of benzene rings is 2. The molecule has 1 N–H and O–H groups in total. The van der Waals surface area contributed by atoms with Gasteiger partial charge in [-0.1, -0.05) is 18.2 Å². The molecule has 0 saturated carbocycles. The number of likely N-dealkylation sites (tertiary alicyclic amines) is 1. The molecule has 2 aromatic carbocycles. The average Bonchev–Trinajstić information content (AvgIpc) is 3.30. The lowest BCUT2D eigenvalue weighted by Crippen LogP contribution is -2.58. The molecule has 4 rings (SSSR count). The highest BCUT2D eigenvalue weighted by molar-refractivity contribution is 7.90. The van der Waals surface area contributed by atoms with E-state index in [9.17, 15) is 31.2 Å². The van der Waals surface area contributed by atoms with Gasteiger partial charge in [0, 0.05) is 36.4 Å². The lowest BCUT2D eigenvalue weighted by molar-refractivity contribution is -0.155. The summed E-state index contributed by atoms with van der Waals surface area (Å²) in [7, 11) is -3.57. The first-order valence-corrected chi connectivity index (χ1v) is 13.5. The van der Waals surface area contributed by atoms with Crippen molar-refractivity contribution in [1.82, 2.24) is 10.2 Å². The summed E-state index contributed by atoms with van der Waals surface area (Å²) in [4.78, 5) is 27.6. The van der Waals surface area contributed by atoms with Crippen LogP contribution in [0.5, 0.6) is 0 Å². The van der Waals surface area contributed by atoms with Crippen LogP contribution in [0.15, 0.2) is 47.4 Å². The van der Waals surface area contributed by atoms with Gasteiger partial charge in [-0.2, -0.15) is 0 Å². The van der Waals surface area contributed by atoms with Gasteiger partial charge < -0.3 is 15.0 Å². The van der Waals surface area contributed by atoms with Gasteiger partial charge in [-0.3, -0.25) is 9.59 Å². The molecule has 0 unspecified atom stereocenters. The number of hydrogen-bond donors (Lipinski definition) is 1. The van der Waals surface area contributed by atoms with E-state index in [0.29, 0.717) is 19.4 Å². The fraction of sp³-hybridized carbons (Fsp3) is 0.440. The number of ether oxygens (including phenoxy) is 1. The monoisotopic (exact) mass is 542 g/mol. The molecule has 0 aliphatic carbocycles. The Morgan fingerprint density at radius 3 is 2.46 bits per heavy atom. The van der Waals surface area contributed by atoms with Gasteiger partial charge in [0.25, 0.3) is 11.8 Å². The van der Waals surface area contributed by atoms with Gasteiger partial charge >= 0.3 is 0 Å². The summed E-state index contributed by atoms with van der Waals surface area (Å²) in [5.74, 6) is -5.75. The van der Waals surface area contributed by atoms with Gasteiger partial charge in [0.15, 0.2) is 15.5 Å². The Bertz CT molecular complexity index is 1320. The van der Waals surface area contributed by atoms with E-state index >= 15 is 4.39 Å². The molecule has 2 fully saturated rings. The van der Waals surface area contributed by atoms with E-state index in [2.05, 4.69) is 5.32 Å². The predicted molar refractivity (Wildman–Crippen MR) is 125 cm³/mol. The summed E-state index contributed by atoms with van der Waals surface area (Å²) in [5.41, 5.74) is -3.02. The fourth-order valence-electron chi connectivity index (χ4n) is 4.53. The van der Waals surface area contributed by atoms with E-state index in [-0.39, 0.29) is 29.0 Å². The van der Waals surface area contributed by atoms with E-state index in [1.165, 1.54) is 29.2 Å². The van der Waals surface area contributed by atoms with Crippen LogP contribution in [0, 0.1) is 5.82 Å². The Hall–Kier alpha value is -2.99. The van der Waals surface area contributed by atoms with Crippen LogP contribution < -0.4 is 5.32 Å². The Balaban J connectivity index is 1.59. The van der Waals surface area contributed by atoms with Crippen LogP contribution >= 0.6 is 0 Å². The van der Waals surface area contributed by atoms with E-state index in [0.717, 1.165) is 18.4 Å². The summed E-state index contributed by atoms with van der Waals surface area (Å²) in [6.45, 7) is -0.0685. The Morgan fingerprint density at radius 2 is 1.89 bits per heavy atom.